The maximum absolute atomic E-state index is 4.64. The summed E-state index contributed by atoms with van der Waals surface area (Å²) >= 11 is 3.61. The summed E-state index contributed by atoms with van der Waals surface area (Å²) < 4.78 is 1.80. The van der Waals surface area contributed by atoms with Crippen molar-refractivity contribution in [3.05, 3.63) is 29.0 Å². The lowest BCUT2D eigenvalue weighted by Crippen LogP contribution is -2.17. The maximum atomic E-state index is 4.64. The molecule has 0 aliphatic heterocycles. The van der Waals surface area contributed by atoms with Crippen LogP contribution in [0.5, 0.6) is 0 Å². The fourth-order valence-electron chi connectivity index (χ4n) is 2.17. The van der Waals surface area contributed by atoms with Crippen LogP contribution in [0.15, 0.2) is 29.0 Å². The molecule has 0 radical (unpaired) electrons. The molecule has 3 aromatic rings. The number of anilines is 1. The molecule has 0 amide bonds. The molecule has 1 atom stereocenters. The van der Waals surface area contributed by atoms with Gasteiger partial charge >= 0.3 is 0 Å². The molecule has 3 heterocycles. The average Bonchev–Trinajstić information content (AvgIpc) is 3.15. The van der Waals surface area contributed by atoms with Gasteiger partial charge in [-0.15, -0.1) is 15.3 Å². The number of hydrogen-bond donors (Lipinski definition) is 1. The van der Waals surface area contributed by atoms with E-state index >= 15 is 0 Å². The monoisotopic (exact) mass is 333 g/mol. The number of nitrogens with zero attached hydrogens (tertiary/aromatic N) is 4. The van der Waals surface area contributed by atoms with Crippen LogP contribution in [0.1, 0.15) is 20.3 Å². The van der Waals surface area contributed by atoms with Crippen LogP contribution in [0.4, 0.5) is 5.82 Å². The second-order valence-electron chi connectivity index (χ2n) is 5.06. The third kappa shape index (κ3) is 3.41. The van der Waals surface area contributed by atoms with Crippen molar-refractivity contribution in [2.24, 2.45) is 0 Å². The highest BCUT2D eigenvalue weighted by molar-refractivity contribution is 7.99. The van der Waals surface area contributed by atoms with Gasteiger partial charge in [0.1, 0.15) is 5.82 Å². The van der Waals surface area contributed by atoms with Gasteiger partial charge in [-0.1, -0.05) is 6.92 Å². The molecule has 0 saturated carbocycles. The van der Waals surface area contributed by atoms with Gasteiger partial charge in [0.25, 0.3) is 0 Å². The van der Waals surface area contributed by atoms with E-state index in [1.54, 1.807) is 15.9 Å². The zero-order valence-corrected chi connectivity index (χ0v) is 14.3. The molecule has 3 rings (SSSR count). The summed E-state index contributed by atoms with van der Waals surface area (Å²) in [7, 11) is 0. The fourth-order valence-corrected chi connectivity index (χ4v) is 3.61. The minimum absolute atomic E-state index is 0.394. The quantitative estimate of drug-likeness (QED) is 0.667. The van der Waals surface area contributed by atoms with E-state index in [1.165, 1.54) is 11.5 Å². The molecular weight excluding hydrogens is 314 g/mol. The topological polar surface area (TPSA) is 55.1 Å². The van der Waals surface area contributed by atoms with Crippen molar-refractivity contribution in [2.75, 3.05) is 16.8 Å². The lowest BCUT2D eigenvalue weighted by molar-refractivity contribution is 0.758. The average molecular weight is 333 g/mol. The summed E-state index contributed by atoms with van der Waals surface area (Å²) in [5, 5.41) is 20.6. The van der Waals surface area contributed by atoms with Gasteiger partial charge in [-0.25, -0.2) is 0 Å². The predicted octanol–water partition coefficient (Wildman–Crippen LogP) is 3.80. The zero-order valence-electron chi connectivity index (χ0n) is 12.7. The highest BCUT2D eigenvalue weighted by atomic mass is 32.2. The standard InChI is InChI=1S/C15H19N5S2/c1-3-21-8-6-11(2)16-13-4-5-14-17-18-15(20(14)19-13)12-7-9-22-10-12/h4-5,7,9-11H,3,6,8H2,1-2H3,(H,16,19). The molecule has 3 aromatic heterocycles. The second-order valence-corrected chi connectivity index (χ2v) is 7.23. The van der Waals surface area contributed by atoms with Crippen molar-refractivity contribution in [2.45, 2.75) is 26.3 Å². The van der Waals surface area contributed by atoms with Crippen LogP contribution in [0.2, 0.25) is 0 Å². The van der Waals surface area contributed by atoms with Gasteiger partial charge in [0.15, 0.2) is 11.5 Å². The van der Waals surface area contributed by atoms with E-state index in [0.29, 0.717) is 6.04 Å². The lowest BCUT2D eigenvalue weighted by Gasteiger charge is -2.14. The highest BCUT2D eigenvalue weighted by Gasteiger charge is 2.11. The van der Waals surface area contributed by atoms with Crippen molar-refractivity contribution in [1.82, 2.24) is 19.8 Å². The molecule has 7 heteroatoms. The first-order valence-electron chi connectivity index (χ1n) is 7.37. The summed E-state index contributed by atoms with van der Waals surface area (Å²) in [6.45, 7) is 4.38. The molecule has 0 bridgehead atoms. The SMILES string of the molecule is CCSCCC(C)Nc1ccc2nnc(-c3ccsc3)n2n1. The Bertz CT molecular complexity index is 723. The molecule has 1 unspecified atom stereocenters. The maximum Gasteiger partial charge on any atom is 0.186 e. The normalized spacial score (nSPS) is 12.6. The van der Waals surface area contributed by atoms with E-state index in [1.807, 2.05) is 35.3 Å². The first-order chi connectivity index (χ1) is 10.8. The highest BCUT2D eigenvalue weighted by Crippen LogP contribution is 2.21. The second kappa shape index (κ2) is 7.11. The molecule has 0 aliphatic rings. The third-order valence-electron chi connectivity index (χ3n) is 3.34. The number of rotatable bonds is 7. The molecular formula is C15H19N5S2. The minimum atomic E-state index is 0.394. The van der Waals surface area contributed by atoms with Gasteiger partial charge in [-0.05, 0) is 48.4 Å². The lowest BCUT2D eigenvalue weighted by atomic mass is 10.2. The Kier molecular flexibility index (Phi) is 4.94. The molecule has 0 saturated heterocycles. The van der Waals surface area contributed by atoms with Crippen LogP contribution in [-0.2, 0) is 0 Å². The van der Waals surface area contributed by atoms with Crippen molar-refractivity contribution >= 4 is 34.6 Å². The Balaban J connectivity index is 1.78. The molecule has 0 aromatic carbocycles. The largest absolute Gasteiger partial charge is 0.366 e. The van der Waals surface area contributed by atoms with E-state index in [-0.39, 0.29) is 0 Å². The van der Waals surface area contributed by atoms with Gasteiger partial charge in [0, 0.05) is 17.0 Å². The van der Waals surface area contributed by atoms with E-state index in [4.69, 9.17) is 0 Å². The van der Waals surface area contributed by atoms with Crippen molar-refractivity contribution < 1.29 is 0 Å². The van der Waals surface area contributed by atoms with Gasteiger partial charge in [0.2, 0.25) is 0 Å². The first kappa shape index (κ1) is 15.3. The molecule has 0 spiro atoms. The van der Waals surface area contributed by atoms with E-state index in [2.05, 4.69) is 39.8 Å². The molecule has 116 valence electrons. The van der Waals surface area contributed by atoms with Crippen LogP contribution in [-0.4, -0.2) is 37.4 Å². The van der Waals surface area contributed by atoms with Crippen LogP contribution >= 0.6 is 23.1 Å². The van der Waals surface area contributed by atoms with Crippen LogP contribution in [0, 0.1) is 0 Å². The van der Waals surface area contributed by atoms with Gasteiger partial charge in [0.05, 0.1) is 0 Å². The summed E-state index contributed by atoms with van der Waals surface area (Å²) in [6.07, 6.45) is 1.12. The predicted molar refractivity (Wildman–Crippen MR) is 94.8 cm³/mol. The Labute approximate surface area is 138 Å². The van der Waals surface area contributed by atoms with Gasteiger partial charge < -0.3 is 5.32 Å². The van der Waals surface area contributed by atoms with Crippen molar-refractivity contribution in [3.63, 3.8) is 0 Å². The van der Waals surface area contributed by atoms with E-state index in [9.17, 15) is 0 Å². The van der Waals surface area contributed by atoms with Crippen LogP contribution < -0.4 is 5.32 Å². The number of aromatic nitrogens is 4. The van der Waals surface area contributed by atoms with Crippen LogP contribution in [0.25, 0.3) is 17.0 Å². The van der Waals surface area contributed by atoms with E-state index in [0.717, 1.165) is 29.3 Å². The number of nitrogens with one attached hydrogen (secondary N) is 1. The fraction of sp³-hybridized carbons (Fsp3) is 0.400. The zero-order chi connectivity index (χ0) is 15.4. The van der Waals surface area contributed by atoms with Gasteiger partial charge in [-0.3, -0.25) is 0 Å². The smallest absolute Gasteiger partial charge is 0.186 e. The van der Waals surface area contributed by atoms with Gasteiger partial charge in [-0.2, -0.15) is 27.6 Å². The first-order valence-corrected chi connectivity index (χ1v) is 9.47. The third-order valence-corrected chi connectivity index (χ3v) is 4.95. The molecule has 22 heavy (non-hydrogen) atoms. The summed E-state index contributed by atoms with van der Waals surface area (Å²) in [4.78, 5) is 0. The van der Waals surface area contributed by atoms with Crippen molar-refractivity contribution in [3.8, 4) is 11.4 Å². The van der Waals surface area contributed by atoms with Crippen LogP contribution in [0.3, 0.4) is 0 Å². The molecule has 0 aliphatic carbocycles. The number of fused-ring (bicyclic) bond motifs is 1. The Morgan fingerprint density at radius 1 is 1.32 bits per heavy atom. The summed E-state index contributed by atoms with van der Waals surface area (Å²) in [5.74, 6) is 3.98. The number of thioether (sulfide) groups is 1. The minimum Gasteiger partial charge on any atom is -0.366 e. The number of hydrogen-bond acceptors (Lipinski definition) is 6. The number of thiophene rings is 1. The Hall–Kier alpha value is -1.60. The molecule has 5 nitrogen and oxygen atoms in total. The Morgan fingerprint density at radius 3 is 3.00 bits per heavy atom. The summed E-state index contributed by atoms with van der Waals surface area (Å²) in [5.41, 5.74) is 1.82. The molecule has 0 fully saturated rings. The molecule has 1 N–H and O–H groups in total. The Morgan fingerprint density at radius 2 is 2.23 bits per heavy atom. The van der Waals surface area contributed by atoms with E-state index < -0.39 is 0 Å². The summed E-state index contributed by atoms with van der Waals surface area (Å²) in [6, 6.07) is 6.34. The van der Waals surface area contributed by atoms with Crippen molar-refractivity contribution in [1.29, 1.82) is 0 Å².